The maximum atomic E-state index is 12.2. The van der Waals surface area contributed by atoms with E-state index in [2.05, 4.69) is 22.5 Å². The third-order valence-corrected chi connectivity index (χ3v) is 3.50. The minimum absolute atomic E-state index is 0.161. The molecule has 0 aliphatic heterocycles. The van der Waals surface area contributed by atoms with Crippen molar-refractivity contribution in [2.45, 2.75) is 19.9 Å². The topological polar surface area (TPSA) is 96.5 Å². The van der Waals surface area contributed by atoms with Gasteiger partial charge < -0.3 is 20.7 Å². The Hall–Kier alpha value is -2.54. The zero-order valence-corrected chi connectivity index (χ0v) is 14.5. The van der Waals surface area contributed by atoms with Crippen LogP contribution in [0, 0.1) is 6.92 Å². The van der Waals surface area contributed by atoms with E-state index in [0.29, 0.717) is 16.5 Å². The van der Waals surface area contributed by atoms with Crippen LogP contribution in [0.15, 0.2) is 24.8 Å². The Bertz CT molecular complexity index is 661. The number of aryl methyl sites for hydroxylation is 1. The number of hydrogen-bond acceptors (Lipinski definition) is 4. The molecule has 0 spiro atoms. The van der Waals surface area contributed by atoms with Gasteiger partial charge in [0.1, 0.15) is 11.8 Å². The molecule has 1 atom stereocenters. The van der Waals surface area contributed by atoms with E-state index in [1.165, 1.54) is 20.1 Å². The Balaban J connectivity index is 2.74. The first-order chi connectivity index (χ1) is 11.3. The van der Waals surface area contributed by atoms with Gasteiger partial charge in [0, 0.05) is 17.6 Å². The number of halogens is 1. The van der Waals surface area contributed by atoms with Gasteiger partial charge in [0.25, 0.3) is 0 Å². The lowest BCUT2D eigenvalue weighted by Crippen LogP contribution is -2.48. The second-order valence-corrected chi connectivity index (χ2v) is 5.39. The van der Waals surface area contributed by atoms with E-state index in [4.69, 9.17) is 16.3 Å². The van der Waals surface area contributed by atoms with Crippen molar-refractivity contribution < 1.29 is 19.1 Å². The number of methoxy groups -OCH3 is 1. The SMILES string of the molecule is C=CCNC(=O)C(=O)NC(C)C(=O)Nc1cc(C)c(Cl)cc1OC. The zero-order valence-electron chi connectivity index (χ0n) is 13.7. The summed E-state index contributed by atoms with van der Waals surface area (Å²) in [6.45, 7) is 6.83. The molecule has 130 valence electrons. The first-order valence-corrected chi connectivity index (χ1v) is 7.52. The van der Waals surface area contributed by atoms with Crippen molar-refractivity contribution >= 4 is 35.0 Å². The molecule has 0 aromatic heterocycles. The highest BCUT2D eigenvalue weighted by atomic mass is 35.5. The fourth-order valence-electron chi connectivity index (χ4n) is 1.74. The van der Waals surface area contributed by atoms with Gasteiger partial charge in [0.15, 0.2) is 0 Å². The fourth-order valence-corrected chi connectivity index (χ4v) is 1.90. The first-order valence-electron chi connectivity index (χ1n) is 7.14. The molecule has 3 N–H and O–H groups in total. The maximum Gasteiger partial charge on any atom is 0.309 e. The molecule has 0 radical (unpaired) electrons. The number of nitrogens with one attached hydrogen (secondary N) is 3. The van der Waals surface area contributed by atoms with Crippen LogP contribution in [-0.2, 0) is 14.4 Å². The average molecular weight is 354 g/mol. The minimum Gasteiger partial charge on any atom is -0.495 e. The van der Waals surface area contributed by atoms with Crippen molar-refractivity contribution in [1.82, 2.24) is 10.6 Å². The lowest BCUT2D eigenvalue weighted by molar-refractivity contribution is -0.140. The number of rotatable bonds is 6. The molecule has 0 heterocycles. The quantitative estimate of drug-likeness (QED) is 0.532. The van der Waals surface area contributed by atoms with E-state index in [1.54, 1.807) is 19.1 Å². The standard InChI is InChI=1S/C16H20ClN3O4/c1-5-6-18-15(22)16(23)19-10(3)14(21)20-12-7-9(2)11(17)8-13(12)24-4/h5,7-8,10H,1,6H2,2-4H3,(H,18,22)(H,19,23)(H,20,21). The number of hydrogen-bond donors (Lipinski definition) is 3. The lowest BCUT2D eigenvalue weighted by atomic mass is 10.2. The van der Waals surface area contributed by atoms with E-state index in [1.807, 2.05) is 0 Å². The molecule has 1 aromatic carbocycles. The van der Waals surface area contributed by atoms with Crippen LogP contribution in [0.3, 0.4) is 0 Å². The monoisotopic (exact) mass is 353 g/mol. The average Bonchev–Trinajstić information content (AvgIpc) is 2.55. The van der Waals surface area contributed by atoms with Crippen LogP contribution in [0.25, 0.3) is 0 Å². The van der Waals surface area contributed by atoms with Gasteiger partial charge >= 0.3 is 11.8 Å². The summed E-state index contributed by atoms with van der Waals surface area (Å²) in [5.74, 6) is -1.85. The number of amides is 3. The van der Waals surface area contributed by atoms with Crippen LogP contribution >= 0.6 is 11.6 Å². The van der Waals surface area contributed by atoms with Gasteiger partial charge in [-0.25, -0.2) is 0 Å². The van der Waals surface area contributed by atoms with Crippen LogP contribution in [0.1, 0.15) is 12.5 Å². The van der Waals surface area contributed by atoms with Gasteiger partial charge in [0.2, 0.25) is 5.91 Å². The Morgan fingerprint density at radius 2 is 2.00 bits per heavy atom. The number of ether oxygens (including phenoxy) is 1. The molecule has 1 rings (SSSR count). The van der Waals surface area contributed by atoms with Crippen LogP contribution in [0.5, 0.6) is 5.75 Å². The third-order valence-electron chi connectivity index (χ3n) is 3.09. The van der Waals surface area contributed by atoms with Crippen molar-refractivity contribution in [3.63, 3.8) is 0 Å². The Labute approximate surface area is 145 Å². The molecule has 24 heavy (non-hydrogen) atoms. The predicted molar refractivity (Wildman–Crippen MR) is 92.2 cm³/mol. The van der Waals surface area contributed by atoms with Gasteiger partial charge in [-0.1, -0.05) is 17.7 Å². The van der Waals surface area contributed by atoms with Crippen molar-refractivity contribution in [2.24, 2.45) is 0 Å². The summed E-state index contributed by atoms with van der Waals surface area (Å²) in [6.07, 6.45) is 1.44. The van der Waals surface area contributed by atoms with E-state index in [-0.39, 0.29) is 6.54 Å². The molecule has 8 heteroatoms. The molecule has 0 saturated heterocycles. The molecule has 0 aliphatic carbocycles. The van der Waals surface area contributed by atoms with Crippen molar-refractivity contribution in [1.29, 1.82) is 0 Å². The molecule has 1 unspecified atom stereocenters. The van der Waals surface area contributed by atoms with Gasteiger partial charge in [-0.15, -0.1) is 6.58 Å². The second kappa shape index (κ2) is 8.93. The first kappa shape index (κ1) is 19.5. The van der Waals surface area contributed by atoms with Crippen molar-refractivity contribution in [3.05, 3.63) is 35.4 Å². The molecule has 1 aromatic rings. The Morgan fingerprint density at radius 1 is 1.33 bits per heavy atom. The maximum absolute atomic E-state index is 12.2. The summed E-state index contributed by atoms with van der Waals surface area (Å²) in [4.78, 5) is 35.3. The molecular formula is C16H20ClN3O4. The normalized spacial score (nSPS) is 11.2. The summed E-state index contributed by atoms with van der Waals surface area (Å²) in [7, 11) is 1.45. The second-order valence-electron chi connectivity index (χ2n) is 4.98. The van der Waals surface area contributed by atoms with Gasteiger partial charge in [0.05, 0.1) is 12.8 Å². The van der Waals surface area contributed by atoms with Crippen LogP contribution in [-0.4, -0.2) is 37.4 Å². The highest BCUT2D eigenvalue weighted by Crippen LogP contribution is 2.30. The Kier molecular flexibility index (Phi) is 7.26. The van der Waals surface area contributed by atoms with E-state index in [9.17, 15) is 14.4 Å². The molecule has 3 amide bonds. The summed E-state index contributed by atoms with van der Waals surface area (Å²) < 4.78 is 5.17. The Morgan fingerprint density at radius 3 is 2.58 bits per heavy atom. The minimum atomic E-state index is -0.923. The highest BCUT2D eigenvalue weighted by molar-refractivity contribution is 6.35. The fraction of sp³-hybridized carbons (Fsp3) is 0.312. The van der Waals surface area contributed by atoms with Crippen molar-refractivity contribution in [3.8, 4) is 5.75 Å². The number of anilines is 1. The smallest absolute Gasteiger partial charge is 0.309 e. The molecule has 0 saturated carbocycles. The number of benzene rings is 1. The number of carbonyl (C=O) groups is 3. The van der Waals surface area contributed by atoms with E-state index in [0.717, 1.165) is 5.56 Å². The largest absolute Gasteiger partial charge is 0.495 e. The van der Waals surface area contributed by atoms with Gasteiger partial charge in [-0.2, -0.15) is 0 Å². The van der Waals surface area contributed by atoms with Crippen LogP contribution in [0.2, 0.25) is 5.02 Å². The van der Waals surface area contributed by atoms with Crippen LogP contribution < -0.4 is 20.7 Å². The zero-order chi connectivity index (χ0) is 18.3. The predicted octanol–water partition coefficient (Wildman–Crippen LogP) is 1.40. The van der Waals surface area contributed by atoms with Crippen LogP contribution in [0.4, 0.5) is 5.69 Å². The van der Waals surface area contributed by atoms with Crippen molar-refractivity contribution in [2.75, 3.05) is 19.0 Å². The van der Waals surface area contributed by atoms with Gasteiger partial charge in [-0.3, -0.25) is 14.4 Å². The molecule has 7 nitrogen and oxygen atoms in total. The highest BCUT2D eigenvalue weighted by Gasteiger charge is 2.21. The summed E-state index contributed by atoms with van der Waals surface area (Å²) >= 11 is 6.01. The molecule has 0 aliphatic rings. The molecular weight excluding hydrogens is 334 g/mol. The number of carbonyl (C=O) groups excluding carboxylic acids is 3. The third kappa shape index (κ3) is 5.27. The summed E-state index contributed by atoms with van der Waals surface area (Å²) in [5, 5.41) is 7.77. The molecule has 0 bridgehead atoms. The lowest BCUT2D eigenvalue weighted by Gasteiger charge is -2.16. The van der Waals surface area contributed by atoms with Gasteiger partial charge in [-0.05, 0) is 25.5 Å². The summed E-state index contributed by atoms with van der Waals surface area (Å²) in [6, 6.07) is 2.32. The van der Waals surface area contributed by atoms with E-state index < -0.39 is 23.8 Å². The summed E-state index contributed by atoms with van der Waals surface area (Å²) in [5.41, 5.74) is 1.18. The van der Waals surface area contributed by atoms with E-state index >= 15 is 0 Å². The molecule has 0 fully saturated rings.